The van der Waals surface area contributed by atoms with Crippen molar-refractivity contribution in [3.05, 3.63) is 112 Å². The second-order valence-corrected chi connectivity index (χ2v) is 9.36. The number of ether oxygens (including phenoxy) is 1. The number of aryl methyl sites for hydroxylation is 2. The van der Waals surface area contributed by atoms with E-state index in [2.05, 4.69) is 0 Å². The lowest BCUT2D eigenvalue weighted by Crippen LogP contribution is -2.29. The first-order valence-electron chi connectivity index (χ1n) is 11.9. The summed E-state index contributed by atoms with van der Waals surface area (Å²) in [4.78, 5) is 40.1. The molecule has 36 heavy (non-hydrogen) atoms. The van der Waals surface area contributed by atoms with Gasteiger partial charge in [-0.25, -0.2) is 4.79 Å². The van der Waals surface area contributed by atoms with E-state index in [4.69, 9.17) is 4.74 Å². The normalized spacial score (nSPS) is 17.0. The quantitative estimate of drug-likeness (QED) is 0.217. The number of esters is 1. The van der Waals surface area contributed by atoms with E-state index in [1.165, 1.54) is 4.90 Å². The van der Waals surface area contributed by atoms with Gasteiger partial charge in [0.25, 0.3) is 11.7 Å². The molecule has 1 N–H and O–H groups in total. The average molecular weight is 484 g/mol. The number of likely N-dealkylation sites (tertiary alicyclic amines) is 1. The Morgan fingerprint density at radius 1 is 0.917 bits per heavy atom. The van der Waals surface area contributed by atoms with E-state index in [-0.39, 0.29) is 24.0 Å². The number of aliphatic hydroxyl groups is 1. The molecule has 1 atom stereocenters. The minimum absolute atomic E-state index is 0.0617. The van der Waals surface area contributed by atoms with Gasteiger partial charge in [0.15, 0.2) is 0 Å². The van der Waals surface area contributed by atoms with Crippen LogP contribution in [0.1, 0.15) is 58.1 Å². The molecule has 6 nitrogen and oxygen atoms in total. The van der Waals surface area contributed by atoms with E-state index >= 15 is 0 Å². The second kappa shape index (κ2) is 10.2. The van der Waals surface area contributed by atoms with Gasteiger partial charge in [0.1, 0.15) is 5.76 Å². The highest BCUT2D eigenvalue weighted by Crippen LogP contribution is 2.40. The number of Topliss-reactive ketones (excluding diaryl/α,β-unsaturated/α-hetero) is 1. The third-order valence-electron chi connectivity index (χ3n) is 6.11. The number of nitrogens with zero attached hydrogens (tertiary/aromatic N) is 1. The molecule has 3 aromatic rings. The number of aliphatic hydroxyl groups excluding tert-OH is 1. The van der Waals surface area contributed by atoms with Crippen molar-refractivity contribution in [3.8, 4) is 0 Å². The molecule has 0 spiro atoms. The summed E-state index contributed by atoms with van der Waals surface area (Å²) in [6, 6.07) is 20.7. The molecular weight excluding hydrogens is 454 g/mol. The highest BCUT2D eigenvalue weighted by atomic mass is 16.5. The predicted octanol–water partition coefficient (Wildman–Crippen LogP) is 5.49. The van der Waals surface area contributed by atoms with Crippen LogP contribution in [-0.4, -0.2) is 33.8 Å². The van der Waals surface area contributed by atoms with Crippen LogP contribution in [0.2, 0.25) is 0 Å². The van der Waals surface area contributed by atoms with Crippen molar-refractivity contribution >= 4 is 23.4 Å². The zero-order valence-electron chi connectivity index (χ0n) is 20.8. The highest BCUT2D eigenvalue weighted by Gasteiger charge is 2.46. The molecule has 0 aliphatic carbocycles. The van der Waals surface area contributed by atoms with Crippen LogP contribution in [0.15, 0.2) is 78.4 Å². The Bertz CT molecular complexity index is 1340. The fourth-order valence-corrected chi connectivity index (χ4v) is 4.32. The number of rotatable bonds is 6. The fourth-order valence-electron chi connectivity index (χ4n) is 4.32. The van der Waals surface area contributed by atoms with E-state index in [9.17, 15) is 19.5 Å². The summed E-state index contributed by atoms with van der Waals surface area (Å²) >= 11 is 0. The van der Waals surface area contributed by atoms with Crippen molar-refractivity contribution < 1.29 is 24.2 Å². The molecule has 184 valence electrons. The molecule has 1 aliphatic heterocycles. The number of amides is 1. The maximum Gasteiger partial charge on any atom is 0.338 e. The van der Waals surface area contributed by atoms with Gasteiger partial charge >= 0.3 is 5.97 Å². The third kappa shape index (κ3) is 5.08. The van der Waals surface area contributed by atoms with Gasteiger partial charge < -0.3 is 14.7 Å². The number of carbonyl (C=O) groups is 3. The molecule has 1 aliphatic rings. The SMILES string of the molecule is Cc1ccc(/C(O)=C2\C(=O)C(=O)N(Cc3ccc(C(=O)OC(C)C)cc3)C2c2cccc(C)c2)cc1. The van der Waals surface area contributed by atoms with Crippen LogP contribution in [-0.2, 0) is 20.9 Å². The molecule has 1 fully saturated rings. The van der Waals surface area contributed by atoms with Crippen molar-refractivity contribution in [2.45, 2.75) is 46.4 Å². The van der Waals surface area contributed by atoms with Crippen molar-refractivity contribution in [2.24, 2.45) is 0 Å². The highest BCUT2D eigenvalue weighted by molar-refractivity contribution is 6.46. The Kier molecular flexibility index (Phi) is 7.06. The van der Waals surface area contributed by atoms with Crippen molar-refractivity contribution in [1.29, 1.82) is 0 Å². The van der Waals surface area contributed by atoms with Crippen molar-refractivity contribution in [3.63, 3.8) is 0 Å². The number of carbonyl (C=O) groups excluding carboxylic acids is 3. The lowest BCUT2D eigenvalue weighted by molar-refractivity contribution is -0.140. The molecule has 1 unspecified atom stereocenters. The smallest absolute Gasteiger partial charge is 0.338 e. The zero-order valence-corrected chi connectivity index (χ0v) is 20.8. The van der Waals surface area contributed by atoms with E-state index in [1.54, 1.807) is 50.2 Å². The number of hydrogen-bond acceptors (Lipinski definition) is 5. The van der Waals surface area contributed by atoms with Crippen molar-refractivity contribution in [1.82, 2.24) is 4.90 Å². The maximum atomic E-state index is 13.2. The van der Waals surface area contributed by atoms with Gasteiger partial charge in [0.05, 0.1) is 23.3 Å². The lowest BCUT2D eigenvalue weighted by atomic mass is 9.94. The van der Waals surface area contributed by atoms with Gasteiger partial charge in [-0.2, -0.15) is 0 Å². The largest absolute Gasteiger partial charge is 0.507 e. The standard InChI is InChI=1S/C30H29NO5/c1-18(2)36-30(35)23-14-10-21(11-15-23)17-31-26(24-7-5-6-20(4)16-24)25(28(33)29(31)34)27(32)22-12-8-19(3)9-13-22/h5-16,18,26,32H,17H2,1-4H3/b27-25+. The molecular formula is C30H29NO5. The number of benzene rings is 3. The molecule has 6 heteroatoms. The molecule has 0 saturated carbocycles. The van der Waals surface area contributed by atoms with Crippen LogP contribution >= 0.6 is 0 Å². The predicted molar refractivity (Wildman–Crippen MR) is 137 cm³/mol. The monoisotopic (exact) mass is 483 g/mol. The van der Waals surface area contributed by atoms with Gasteiger partial charge in [-0.3, -0.25) is 9.59 Å². The maximum absolute atomic E-state index is 13.2. The average Bonchev–Trinajstić information content (AvgIpc) is 3.09. The molecule has 1 heterocycles. The molecule has 1 amide bonds. The summed E-state index contributed by atoms with van der Waals surface area (Å²) in [5.74, 6) is -2.03. The summed E-state index contributed by atoms with van der Waals surface area (Å²) in [6.45, 7) is 7.57. The molecule has 0 radical (unpaired) electrons. The van der Waals surface area contributed by atoms with Crippen LogP contribution in [0.25, 0.3) is 5.76 Å². The Morgan fingerprint density at radius 3 is 2.17 bits per heavy atom. The molecule has 1 saturated heterocycles. The van der Waals surface area contributed by atoms with Crippen LogP contribution in [0, 0.1) is 13.8 Å². The van der Waals surface area contributed by atoms with Gasteiger partial charge in [0, 0.05) is 12.1 Å². The first kappa shape index (κ1) is 24.9. The number of ketones is 1. The van der Waals surface area contributed by atoms with E-state index < -0.39 is 23.7 Å². The summed E-state index contributed by atoms with van der Waals surface area (Å²) in [5, 5.41) is 11.2. The van der Waals surface area contributed by atoms with Crippen LogP contribution in [0.3, 0.4) is 0 Å². The van der Waals surface area contributed by atoms with Gasteiger partial charge in [-0.1, -0.05) is 71.8 Å². The Balaban J connectivity index is 1.74. The van der Waals surface area contributed by atoms with Gasteiger partial charge in [-0.05, 0) is 51.0 Å². The third-order valence-corrected chi connectivity index (χ3v) is 6.11. The van der Waals surface area contributed by atoms with Crippen LogP contribution in [0.5, 0.6) is 0 Å². The van der Waals surface area contributed by atoms with E-state index in [1.807, 2.05) is 50.2 Å². The van der Waals surface area contributed by atoms with Crippen LogP contribution < -0.4 is 0 Å². The first-order chi connectivity index (χ1) is 17.2. The lowest BCUT2D eigenvalue weighted by Gasteiger charge is -2.26. The Labute approximate surface area is 210 Å². The second-order valence-electron chi connectivity index (χ2n) is 9.36. The van der Waals surface area contributed by atoms with Gasteiger partial charge in [0.2, 0.25) is 0 Å². The summed E-state index contributed by atoms with van der Waals surface area (Å²) < 4.78 is 5.23. The molecule has 0 bridgehead atoms. The molecule has 0 aromatic heterocycles. The molecule has 4 rings (SSSR count). The topological polar surface area (TPSA) is 83.9 Å². The zero-order chi connectivity index (χ0) is 26.0. The minimum Gasteiger partial charge on any atom is -0.507 e. The molecule has 3 aromatic carbocycles. The summed E-state index contributed by atoms with van der Waals surface area (Å²) in [6.07, 6.45) is -0.230. The number of hydrogen-bond donors (Lipinski definition) is 1. The van der Waals surface area contributed by atoms with Gasteiger partial charge in [-0.15, -0.1) is 0 Å². The van der Waals surface area contributed by atoms with E-state index in [0.717, 1.165) is 22.3 Å². The van der Waals surface area contributed by atoms with Crippen molar-refractivity contribution in [2.75, 3.05) is 0 Å². The van der Waals surface area contributed by atoms with E-state index in [0.29, 0.717) is 11.1 Å². The minimum atomic E-state index is -0.753. The summed E-state index contributed by atoms with van der Waals surface area (Å²) in [7, 11) is 0. The Hall–Kier alpha value is -4.19. The first-order valence-corrected chi connectivity index (χ1v) is 11.9. The fraction of sp³-hybridized carbons (Fsp3) is 0.233. The summed E-state index contributed by atoms with van der Waals surface area (Å²) in [5.41, 5.74) is 4.41. The Morgan fingerprint density at radius 2 is 1.56 bits per heavy atom. The van der Waals surface area contributed by atoms with Crippen LogP contribution in [0.4, 0.5) is 0 Å².